The van der Waals surface area contributed by atoms with E-state index in [0.29, 0.717) is 13.0 Å². The van der Waals surface area contributed by atoms with E-state index in [4.69, 9.17) is 9.84 Å². The highest BCUT2D eigenvalue weighted by Crippen LogP contribution is 2.11. The molecule has 0 radical (unpaired) electrons. The van der Waals surface area contributed by atoms with E-state index in [1.807, 2.05) is 6.92 Å². The predicted molar refractivity (Wildman–Crippen MR) is 66.4 cm³/mol. The second-order valence-corrected chi connectivity index (χ2v) is 4.69. The number of amides is 2. The van der Waals surface area contributed by atoms with Gasteiger partial charge in [-0.05, 0) is 18.8 Å². The summed E-state index contributed by atoms with van der Waals surface area (Å²) in [5.41, 5.74) is 0. The number of hydrogen-bond donors (Lipinski definition) is 3. The smallest absolute Gasteiger partial charge is 0.326 e. The van der Waals surface area contributed by atoms with Gasteiger partial charge < -0.3 is 20.5 Å². The topological polar surface area (TPSA) is 87.7 Å². The maximum atomic E-state index is 11.6. The summed E-state index contributed by atoms with van der Waals surface area (Å²) >= 11 is 0. The Kier molecular flexibility index (Phi) is 5.91. The monoisotopic (exact) mass is 258 g/mol. The van der Waals surface area contributed by atoms with Gasteiger partial charge in [-0.2, -0.15) is 0 Å². The first-order valence-corrected chi connectivity index (χ1v) is 6.43. The Labute approximate surface area is 107 Å². The molecular formula is C12H22N2O4. The summed E-state index contributed by atoms with van der Waals surface area (Å²) in [4.78, 5) is 22.6. The van der Waals surface area contributed by atoms with Crippen molar-refractivity contribution in [3.8, 4) is 0 Å². The van der Waals surface area contributed by atoms with Crippen LogP contribution in [0.4, 0.5) is 4.79 Å². The van der Waals surface area contributed by atoms with Crippen LogP contribution in [0.3, 0.4) is 0 Å². The number of carbonyl (C=O) groups is 2. The lowest BCUT2D eigenvalue weighted by Crippen LogP contribution is -2.50. The van der Waals surface area contributed by atoms with E-state index >= 15 is 0 Å². The van der Waals surface area contributed by atoms with E-state index in [1.54, 1.807) is 6.92 Å². The molecular weight excluding hydrogens is 236 g/mol. The van der Waals surface area contributed by atoms with Crippen molar-refractivity contribution in [1.82, 2.24) is 10.6 Å². The molecule has 2 amide bonds. The van der Waals surface area contributed by atoms with Crippen LogP contribution in [-0.2, 0) is 9.53 Å². The molecule has 104 valence electrons. The van der Waals surface area contributed by atoms with Gasteiger partial charge in [-0.1, -0.05) is 20.3 Å². The van der Waals surface area contributed by atoms with Crippen molar-refractivity contribution < 1.29 is 19.4 Å². The van der Waals surface area contributed by atoms with Crippen molar-refractivity contribution in [3.63, 3.8) is 0 Å². The Morgan fingerprint density at radius 3 is 2.72 bits per heavy atom. The van der Waals surface area contributed by atoms with E-state index in [0.717, 1.165) is 19.4 Å². The second kappa shape index (κ2) is 7.20. The van der Waals surface area contributed by atoms with Crippen LogP contribution in [0.1, 0.15) is 33.1 Å². The van der Waals surface area contributed by atoms with Gasteiger partial charge in [-0.25, -0.2) is 9.59 Å². The summed E-state index contributed by atoms with van der Waals surface area (Å²) in [5, 5.41) is 14.2. The Balaban J connectivity index is 2.33. The van der Waals surface area contributed by atoms with Crippen LogP contribution in [0.5, 0.6) is 0 Å². The largest absolute Gasteiger partial charge is 0.480 e. The van der Waals surface area contributed by atoms with Crippen LogP contribution in [0, 0.1) is 5.92 Å². The summed E-state index contributed by atoms with van der Waals surface area (Å²) in [6.07, 6.45) is 2.71. The number of rotatable bonds is 6. The standard InChI is InChI=1S/C12H22N2O4/c1-3-8(2)10(11(15)16)14-12(17)13-7-9-5-4-6-18-9/h8-10H,3-7H2,1-2H3,(H,15,16)(H2,13,14,17)/t8-,9?,10-/m0/s1. The van der Waals surface area contributed by atoms with Crippen molar-refractivity contribution in [2.75, 3.05) is 13.2 Å². The lowest BCUT2D eigenvalue weighted by Gasteiger charge is -2.21. The number of urea groups is 1. The average Bonchev–Trinajstić information content (AvgIpc) is 2.85. The van der Waals surface area contributed by atoms with Crippen LogP contribution in [0.15, 0.2) is 0 Å². The van der Waals surface area contributed by atoms with Gasteiger partial charge in [0, 0.05) is 13.2 Å². The molecule has 1 saturated heterocycles. The van der Waals surface area contributed by atoms with E-state index in [1.165, 1.54) is 0 Å². The Hall–Kier alpha value is -1.30. The third-order valence-electron chi connectivity index (χ3n) is 3.28. The molecule has 0 saturated carbocycles. The highest BCUT2D eigenvalue weighted by molar-refractivity contribution is 5.82. The quantitative estimate of drug-likeness (QED) is 0.662. The van der Waals surface area contributed by atoms with Gasteiger partial charge in [0.25, 0.3) is 0 Å². The Bertz CT molecular complexity index is 290. The third kappa shape index (κ3) is 4.52. The highest BCUT2D eigenvalue weighted by Gasteiger charge is 2.25. The minimum Gasteiger partial charge on any atom is -0.480 e. The summed E-state index contributed by atoms with van der Waals surface area (Å²) in [6.45, 7) is 4.86. The molecule has 18 heavy (non-hydrogen) atoms. The van der Waals surface area contributed by atoms with E-state index in [9.17, 15) is 9.59 Å². The number of ether oxygens (including phenoxy) is 1. The highest BCUT2D eigenvalue weighted by atomic mass is 16.5. The predicted octanol–water partition coefficient (Wildman–Crippen LogP) is 0.964. The van der Waals surface area contributed by atoms with Gasteiger partial charge in [-0.15, -0.1) is 0 Å². The molecule has 6 nitrogen and oxygen atoms in total. The van der Waals surface area contributed by atoms with Gasteiger partial charge in [0.1, 0.15) is 6.04 Å². The maximum absolute atomic E-state index is 11.6. The molecule has 1 aliphatic rings. The molecule has 3 atom stereocenters. The Morgan fingerprint density at radius 1 is 1.50 bits per heavy atom. The van der Waals surface area contributed by atoms with Gasteiger partial charge in [0.05, 0.1) is 6.10 Å². The molecule has 0 aromatic heterocycles. The van der Waals surface area contributed by atoms with E-state index < -0.39 is 18.0 Å². The molecule has 0 aromatic carbocycles. The van der Waals surface area contributed by atoms with Crippen LogP contribution >= 0.6 is 0 Å². The normalized spacial score (nSPS) is 22.2. The first-order valence-electron chi connectivity index (χ1n) is 6.43. The van der Waals surface area contributed by atoms with E-state index in [2.05, 4.69) is 10.6 Å². The maximum Gasteiger partial charge on any atom is 0.326 e. The fourth-order valence-corrected chi connectivity index (χ4v) is 1.89. The fourth-order valence-electron chi connectivity index (χ4n) is 1.89. The van der Waals surface area contributed by atoms with Gasteiger partial charge in [0.15, 0.2) is 0 Å². The summed E-state index contributed by atoms with van der Waals surface area (Å²) < 4.78 is 5.37. The first-order chi connectivity index (χ1) is 8.54. The van der Waals surface area contributed by atoms with Gasteiger partial charge >= 0.3 is 12.0 Å². The number of aliphatic carboxylic acids is 1. The zero-order valence-electron chi connectivity index (χ0n) is 10.9. The molecule has 0 spiro atoms. The SMILES string of the molecule is CC[C@H](C)[C@H](NC(=O)NCC1CCCO1)C(=O)O. The van der Waals surface area contributed by atoms with Crippen molar-refractivity contribution in [1.29, 1.82) is 0 Å². The molecule has 1 unspecified atom stereocenters. The number of carboxylic acids is 1. The van der Waals surface area contributed by atoms with Gasteiger partial charge in [-0.3, -0.25) is 0 Å². The van der Waals surface area contributed by atoms with Crippen molar-refractivity contribution >= 4 is 12.0 Å². The van der Waals surface area contributed by atoms with Crippen molar-refractivity contribution in [2.45, 2.75) is 45.3 Å². The molecule has 1 fully saturated rings. The second-order valence-electron chi connectivity index (χ2n) is 4.69. The van der Waals surface area contributed by atoms with Crippen LogP contribution in [0.2, 0.25) is 0 Å². The van der Waals surface area contributed by atoms with E-state index in [-0.39, 0.29) is 12.0 Å². The lowest BCUT2D eigenvalue weighted by atomic mass is 9.99. The first kappa shape index (κ1) is 14.8. The number of carbonyl (C=O) groups excluding carboxylic acids is 1. The average molecular weight is 258 g/mol. The minimum absolute atomic E-state index is 0.0580. The van der Waals surface area contributed by atoms with Crippen LogP contribution in [-0.4, -0.2) is 42.4 Å². The zero-order valence-corrected chi connectivity index (χ0v) is 10.9. The molecule has 0 bridgehead atoms. The third-order valence-corrected chi connectivity index (χ3v) is 3.28. The molecule has 0 aromatic rings. The molecule has 1 aliphatic heterocycles. The molecule has 1 heterocycles. The lowest BCUT2D eigenvalue weighted by molar-refractivity contribution is -0.140. The molecule has 0 aliphatic carbocycles. The summed E-state index contributed by atoms with van der Waals surface area (Å²) in [6, 6.07) is -1.29. The van der Waals surface area contributed by atoms with Gasteiger partial charge in [0.2, 0.25) is 0 Å². The van der Waals surface area contributed by atoms with Crippen molar-refractivity contribution in [3.05, 3.63) is 0 Å². The summed E-state index contributed by atoms with van der Waals surface area (Å²) in [5.74, 6) is -1.10. The van der Waals surface area contributed by atoms with Crippen molar-refractivity contribution in [2.24, 2.45) is 5.92 Å². The zero-order chi connectivity index (χ0) is 13.5. The van der Waals surface area contributed by atoms with Crippen LogP contribution in [0.25, 0.3) is 0 Å². The number of carboxylic acid groups (broad SMARTS) is 1. The molecule has 6 heteroatoms. The Morgan fingerprint density at radius 2 is 2.22 bits per heavy atom. The molecule has 3 N–H and O–H groups in total. The number of nitrogens with one attached hydrogen (secondary N) is 2. The molecule has 1 rings (SSSR count). The fraction of sp³-hybridized carbons (Fsp3) is 0.833. The minimum atomic E-state index is -1.00. The summed E-state index contributed by atoms with van der Waals surface area (Å²) in [7, 11) is 0. The number of hydrogen-bond acceptors (Lipinski definition) is 3. The van der Waals surface area contributed by atoms with Crippen LogP contribution < -0.4 is 10.6 Å².